The topological polar surface area (TPSA) is 81.4 Å². The van der Waals surface area contributed by atoms with Crippen LogP contribution in [-0.2, 0) is 4.79 Å². The molecule has 1 aromatic rings. The highest BCUT2D eigenvalue weighted by Gasteiger charge is 2.20. The summed E-state index contributed by atoms with van der Waals surface area (Å²) < 4.78 is 0. The Balaban J connectivity index is 2.81. The van der Waals surface area contributed by atoms with Gasteiger partial charge >= 0.3 is 5.97 Å². The maximum atomic E-state index is 12.3. The molecule has 0 heterocycles. The molecule has 5 nitrogen and oxygen atoms in total. The maximum absolute atomic E-state index is 12.3. The number of carboxylic acid groups (broad SMARTS) is 1. The second-order valence-electron chi connectivity index (χ2n) is 5.19. The normalized spacial score (nSPS) is 11.5. The first-order chi connectivity index (χ1) is 10.5. The van der Waals surface area contributed by atoms with E-state index >= 15 is 0 Å². The molecule has 1 rings (SSSR count). The summed E-state index contributed by atoms with van der Waals surface area (Å²) in [5, 5.41) is 18.2. The Labute approximate surface area is 131 Å². The van der Waals surface area contributed by atoms with E-state index in [1.807, 2.05) is 13.8 Å². The van der Waals surface area contributed by atoms with Crippen LogP contribution in [0.15, 0.2) is 24.3 Å². The molecule has 0 aliphatic carbocycles. The van der Waals surface area contributed by atoms with Gasteiger partial charge in [0.25, 0.3) is 0 Å². The van der Waals surface area contributed by atoms with Crippen molar-refractivity contribution in [3.05, 3.63) is 35.4 Å². The predicted octanol–water partition coefficient (Wildman–Crippen LogP) is 3.03. The van der Waals surface area contributed by atoms with Gasteiger partial charge in [-0.2, -0.15) is 5.26 Å². The molecular weight excluding hydrogens is 280 g/mol. The number of carbonyl (C=O) groups is 2. The largest absolute Gasteiger partial charge is 0.478 e. The fourth-order valence-electron chi connectivity index (χ4n) is 2.30. The van der Waals surface area contributed by atoms with Gasteiger partial charge < -0.3 is 10.0 Å². The number of nitriles is 1. The average molecular weight is 302 g/mol. The van der Waals surface area contributed by atoms with Crippen LogP contribution in [0.5, 0.6) is 0 Å². The van der Waals surface area contributed by atoms with Gasteiger partial charge in [0.2, 0.25) is 5.91 Å². The molecule has 0 saturated heterocycles. The summed E-state index contributed by atoms with van der Waals surface area (Å²) >= 11 is 0. The number of hydrogen-bond donors (Lipinski definition) is 1. The second-order valence-corrected chi connectivity index (χ2v) is 5.19. The van der Waals surface area contributed by atoms with Gasteiger partial charge in [-0.1, -0.05) is 26.0 Å². The summed E-state index contributed by atoms with van der Waals surface area (Å²) in [4.78, 5) is 24.9. The molecule has 0 aromatic heterocycles. The van der Waals surface area contributed by atoms with Gasteiger partial charge in [-0.3, -0.25) is 4.79 Å². The van der Waals surface area contributed by atoms with Crippen molar-refractivity contribution in [3.63, 3.8) is 0 Å². The Hall–Kier alpha value is -2.35. The van der Waals surface area contributed by atoms with Crippen LogP contribution in [0.25, 0.3) is 0 Å². The number of benzene rings is 1. The van der Waals surface area contributed by atoms with E-state index in [2.05, 4.69) is 6.07 Å². The van der Waals surface area contributed by atoms with Crippen molar-refractivity contribution >= 4 is 11.9 Å². The average Bonchev–Trinajstić information content (AvgIpc) is 2.52. The minimum Gasteiger partial charge on any atom is -0.478 e. The van der Waals surface area contributed by atoms with E-state index in [1.54, 1.807) is 17.0 Å². The van der Waals surface area contributed by atoms with E-state index in [9.17, 15) is 14.9 Å². The van der Waals surface area contributed by atoms with E-state index in [0.29, 0.717) is 18.7 Å². The Morgan fingerprint density at radius 3 is 2.14 bits per heavy atom. The summed E-state index contributed by atoms with van der Waals surface area (Å²) in [7, 11) is 0. The summed E-state index contributed by atoms with van der Waals surface area (Å²) in [6.07, 6.45) is 1.90. The monoisotopic (exact) mass is 302 g/mol. The third-order valence-corrected chi connectivity index (χ3v) is 3.43. The molecule has 22 heavy (non-hydrogen) atoms. The molecule has 5 heteroatoms. The zero-order valence-corrected chi connectivity index (χ0v) is 13.1. The molecule has 0 fully saturated rings. The lowest BCUT2D eigenvalue weighted by molar-refractivity contribution is -0.131. The third kappa shape index (κ3) is 4.88. The minimum absolute atomic E-state index is 0.0300. The van der Waals surface area contributed by atoms with E-state index in [0.717, 1.165) is 12.8 Å². The van der Waals surface area contributed by atoms with Gasteiger partial charge in [0.05, 0.1) is 17.6 Å². The van der Waals surface area contributed by atoms with Crippen LogP contribution in [0, 0.1) is 11.3 Å². The molecule has 0 spiro atoms. The molecule has 1 unspecified atom stereocenters. The summed E-state index contributed by atoms with van der Waals surface area (Å²) in [5.41, 5.74) is 0.846. The number of hydrogen-bond acceptors (Lipinski definition) is 3. The van der Waals surface area contributed by atoms with Gasteiger partial charge in [0.1, 0.15) is 0 Å². The Bertz CT molecular complexity index is 540. The molecule has 1 N–H and O–H groups in total. The quantitative estimate of drug-likeness (QED) is 0.800. The van der Waals surface area contributed by atoms with Gasteiger partial charge in [-0.15, -0.1) is 0 Å². The minimum atomic E-state index is -1.01. The summed E-state index contributed by atoms with van der Waals surface area (Å²) in [6.45, 7) is 5.43. The SMILES string of the molecule is CCCN(CCC)C(=O)CC(C#N)c1ccc(C(=O)O)cc1. The molecular formula is C17H22N2O3. The Morgan fingerprint density at radius 1 is 1.18 bits per heavy atom. The molecule has 1 amide bonds. The Kier molecular flexibility index (Phi) is 7.11. The second kappa shape index (κ2) is 8.83. The van der Waals surface area contributed by atoms with Gasteiger partial charge in [-0.25, -0.2) is 4.79 Å². The van der Waals surface area contributed by atoms with Crippen LogP contribution in [0.1, 0.15) is 54.9 Å². The van der Waals surface area contributed by atoms with Crippen molar-refractivity contribution < 1.29 is 14.7 Å². The lowest BCUT2D eigenvalue weighted by atomic mass is 9.95. The number of amides is 1. The highest BCUT2D eigenvalue weighted by Crippen LogP contribution is 2.21. The van der Waals surface area contributed by atoms with Crippen molar-refractivity contribution in [1.82, 2.24) is 4.90 Å². The smallest absolute Gasteiger partial charge is 0.335 e. The van der Waals surface area contributed by atoms with Crippen molar-refractivity contribution in [2.75, 3.05) is 13.1 Å². The zero-order valence-electron chi connectivity index (χ0n) is 13.1. The van der Waals surface area contributed by atoms with E-state index < -0.39 is 11.9 Å². The van der Waals surface area contributed by atoms with E-state index in [-0.39, 0.29) is 17.9 Å². The molecule has 0 saturated carbocycles. The number of nitrogens with zero attached hydrogens (tertiary/aromatic N) is 2. The number of carboxylic acids is 1. The first kappa shape index (κ1) is 17.7. The van der Waals surface area contributed by atoms with Crippen LogP contribution in [0.2, 0.25) is 0 Å². The lowest BCUT2D eigenvalue weighted by Crippen LogP contribution is -2.33. The van der Waals surface area contributed by atoms with Gasteiger partial charge in [0, 0.05) is 19.5 Å². The fourth-order valence-corrected chi connectivity index (χ4v) is 2.30. The maximum Gasteiger partial charge on any atom is 0.335 e. The first-order valence-electron chi connectivity index (χ1n) is 7.54. The van der Waals surface area contributed by atoms with Crippen LogP contribution in [0.4, 0.5) is 0 Å². The van der Waals surface area contributed by atoms with E-state index in [1.165, 1.54) is 12.1 Å². The van der Waals surface area contributed by atoms with Crippen molar-refractivity contribution in [2.24, 2.45) is 0 Å². The molecule has 0 radical (unpaired) electrons. The molecule has 0 bridgehead atoms. The molecule has 1 aromatic carbocycles. The van der Waals surface area contributed by atoms with E-state index in [4.69, 9.17) is 5.11 Å². The highest BCUT2D eigenvalue weighted by molar-refractivity contribution is 5.87. The zero-order chi connectivity index (χ0) is 16.5. The van der Waals surface area contributed by atoms with Crippen molar-refractivity contribution in [2.45, 2.75) is 39.0 Å². The summed E-state index contributed by atoms with van der Waals surface area (Å²) in [5.74, 6) is -1.59. The van der Waals surface area contributed by atoms with Crippen molar-refractivity contribution in [3.8, 4) is 6.07 Å². The van der Waals surface area contributed by atoms with Crippen LogP contribution in [0.3, 0.4) is 0 Å². The predicted molar refractivity (Wildman–Crippen MR) is 83.5 cm³/mol. The van der Waals surface area contributed by atoms with Crippen LogP contribution < -0.4 is 0 Å². The molecule has 1 atom stereocenters. The van der Waals surface area contributed by atoms with Crippen LogP contribution >= 0.6 is 0 Å². The molecule has 0 aliphatic rings. The number of aromatic carboxylic acids is 1. The number of carbonyl (C=O) groups excluding carboxylic acids is 1. The van der Waals surface area contributed by atoms with Gasteiger partial charge in [-0.05, 0) is 30.5 Å². The molecule has 118 valence electrons. The standard InChI is InChI=1S/C17H22N2O3/c1-3-9-19(10-4-2)16(20)11-15(12-18)13-5-7-14(8-6-13)17(21)22/h5-8,15H,3-4,9-11H2,1-2H3,(H,21,22). The third-order valence-electron chi connectivity index (χ3n) is 3.43. The number of rotatable bonds is 8. The first-order valence-corrected chi connectivity index (χ1v) is 7.54. The summed E-state index contributed by atoms with van der Waals surface area (Å²) in [6, 6.07) is 8.27. The van der Waals surface area contributed by atoms with Crippen molar-refractivity contribution in [1.29, 1.82) is 5.26 Å². The van der Waals surface area contributed by atoms with Crippen LogP contribution in [-0.4, -0.2) is 35.0 Å². The lowest BCUT2D eigenvalue weighted by Gasteiger charge is -2.22. The van der Waals surface area contributed by atoms with Gasteiger partial charge in [0.15, 0.2) is 0 Å². The highest BCUT2D eigenvalue weighted by atomic mass is 16.4. The fraction of sp³-hybridized carbons (Fsp3) is 0.471. The Morgan fingerprint density at radius 2 is 1.73 bits per heavy atom. The molecule has 0 aliphatic heterocycles.